The van der Waals surface area contributed by atoms with Crippen LogP contribution < -0.4 is 0 Å². The molecule has 1 saturated heterocycles. The molecule has 0 spiro atoms. The lowest BCUT2D eigenvalue weighted by Crippen LogP contribution is -2.31. The fourth-order valence-corrected chi connectivity index (χ4v) is 5.38. The van der Waals surface area contributed by atoms with Crippen LogP contribution in [0.25, 0.3) is 0 Å². The second-order valence-electron chi connectivity index (χ2n) is 5.47. The largest absolute Gasteiger partial charge is 0.338 e. The molecule has 21 heavy (non-hydrogen) atoms. The van der Waals surface area contributed by atoms with E-state index in [0.717, 1.165) is 38.8 Å². The lowest BCUT2D eigenvalue weighted by Gasteiger charge is -2.19. The molecule has 1 atom stereocenters. The van der Waals surface area contributed by atoms with Crippen LogP contribution in [0.5, 0.6) is 0 Å². The Morgan fingerprint density at radius 2 is 2.14 bits per heavy atom. The highest BCUT2D eigenvalue weighted by molar-refractivity contribution is 8.13. The first kappa shape index (κ1) is 16.8. The van der Waals surface area contributed by atoms with Gasteiger partial charge in [0.15, 0.2) is 0 Å². The lowest BCUT2D eigenvalue weighted by atomic mass is 9.98. The number of carbonyl (C=O) groups excluding carboxylic acids is 1. The summed E-state index contributed by atoms with van der Waals surface area (Å²) in [6, 6.07) is 1.41. The summed E-state index contributed by atoms with van der Waals surface area (Å²) in [4.78, 5) is 15.5. The topological polar surface area (TPSA) is 54.5 Å². The first-order valence-electron chi connectivity index (χ1n) is 7.17. The fraction of sp³-hybridized carbons (Fsp3) is 0.643. The van der Waals surface area contributed by atoms with Gasteiger partial charge in [0.25, 0.3) is 15.0 Å². The van der Waals surface area contributed by atoms with E-state index in [9.17, 15) is 13.2 Å². The third kappa shape index (κ3) is 3.99. The quantitative estimate of drug-likeness (QED) is 0.783. The average Bonchev–Trinajstić information content (AvgIpc) is 2.67. The van der Waals surface area contributed by atoms with Gasteiger partial charge < -0.3 is 4.90 Å². The zero-order valence-electron chi connectivity index (χ0n) is 12.3. The number of halogens is 1. The van der Waals surface area contributed by atoms with E-state index in [1.807, 2.05) is 4.90 Å². The van der Waals surface area contributed by atoms with Gasteiger partial charge in [0.05, 0.1) is 9.77 Å². The average molecular weight is 350 g/mol. The molecule has 1 aliphatic heterocycles. The molecule has 0 radical (unpaired) electrons. The van der Waals surface area contributed by atoms with Gasteiger partial charge in [0, 0.05) is 28.6 Å². The van der Waals surface area contributed by atoms with Crippen molar-refractivity contribution < 1.29 is 13.2 Å². The number of hydrogen-bond donors (Lipinski definition) is 0. The molecule has 1 aromatic heterocycles. The maximum absolute atomic E-state index is 12.5. The number of thiophene rings is 1. The zero-order chi connectivity index (χ0) is 15.6. The monoisotopic (exact) mass is 349 g/mol. The van der Waals surface area contributed by atoms with E-state index in [4.69, 9.17) is 10.7 Å². The van der Waals surface area contributed by atoms with Gasteiger partial charge in [-0.25, -0.2) is 8.42 Å². The van der Waals surface area contributed by atoms with Gasteiger partial charge in [0.1, 0.15) is 0 Å². The normalized spacial score (nSPS) is 20.3. The summed E-state index contributed by atoms with van der Waals surface area (Å²) < 4.78 is 22.9. The molecule has 0 N–H and O–H groups in total. The second kappa shape index (κ2) is 6.67. The number of hydrogen-bond acceptors (Lipinski definition) is 4. The molecule has 1 aliphatic rings. The highest BCUT2D eigenvalue weighted by Gasteiger charge is 2.25. The zero-order valence-corrected chi connectivity index (χ0v) is 14.7. The molecule has 1 aromatic rings. The van der Waals surface area contributed by atoms with Crippen molar-refractivity contribution in [2.75, 3.05) is 13.1 Å². The van der Waals surface area contributed by atoms with Crippen molar-refractivity contribution in [1.82, 2.24) is 4.90 Å². The molecular formula is C14H20ClNO3S2. The van der Waals surface area contributed by atoms with E-state index in [1.165, 1.54) is 17.4 Å². The molecule has 2 heterocycles. The number of carbonyl (C=O) groups is 1. The minimum absolute atomic E-state index is 0.0544. The molecule has 2 rings (SSSR count). The molecule has 1 fully saturated rings. The predicted molar refractivity (Wildman–Crippen MR) is 85.6 cm³/mol. The number of nitrogens with zero attached hydrogens (tertiary/aromatic N) is 1. The summed E-state index contributed by atoms with van der Waals surface area (Å²) in [6.45, 7) is 5.35. The van der Waals surface area contributed by atoms with Gasteiger partial charge in [-0.05, 0) is 38.2 Å². The van der Waals surface area contributed by atoms with Crippen LogP contribution in [0.4, 0.5) is 0 Å². The van der Waals surface area contributed by atoms with Crippen molar-refractivity contribution in [2.24, 2.45) is 5.92 Å². The lowest BCUT2D eigenvalue weighted by molar-refractivity contribution is 0.0764. The number of rotatable bonds is 3. The standard InChI is InChI=1S/C14H20ClNO3S2/c1-3-11-5-4-7-16(8-6-11)14(17)12-9-13(10(2)20-12)21(15,18)19/h9,11H,3-8H2,1-2H3. The van der Waals surface area contributed by atoms with Crippen LogP contribution in [0.2, 0.25) is 0 Å². The molecule has 1 amide bonds. The Morgan fingerprint density at radius 3 is 2.71 bits per heavy atom. The minimum Gasteiger partial charge on any atom is -0.338 e. The molecular weight excluding hydrogens is 330 g/mol. The third-order valence-electron chi connectivity index (χ3n) is 4.06. The Kier molecular flexibility index (Phi) is 5.33. The Balaban J connectivity index is 2.17. The Bertz CT molecular complexity index is 624. The van der Waals surface area contributed by atoms with Crippen molar-refractivity contribution in [2.45, 2.75) is 44.4 Å². The van der Waals surface area contributed by atoms with Crippen molar-refractivity contribution in [1.29, 1.82) is 0 Å². The molecule has 0 aromatic carbocycles. The summed E-state index contributed by atoms with van der Waals surface area (Å²) >= 11 is 1.20. The van der Waals surface area contributed by atoms with Gasteiger partial charge in [-0.1, -0.05) is 13.3 Å². The molecule has 7 heteroatoms. The van der Waals surface area contributed by atoms with Crippen LogP contribution in [0.3, 0.4) is 0 Å². The van der Waals surface area contributed by atoms with Gasteiger partial charge in [-0.15, -0.1) is 11.3 Å². The highest BCUT2D eigenvalue weighted by Crippen LogP contribution is 2.30. The SMILES string of the molecule is CCC1CCCN(C(=O)c2cc(S(=O)(=O)Cl)c(C)s2)CC1. The van der Waals surface area contributed by atoms with E-state index in [-0.39, 0.29) is 10.8 Å². The smallest absolute Gasteiger partial charge is 0.263 e. The molecule has 0 saturated carbocycles. The van der Waals surface area contributed by atoms with Crippen LogP contribution in [-0.4, -0.2) is 32.3 Å². The highest BCUT2D eigenvalue weighted by atomic mass is 35.7. The second-order valence-corrected chi connectivity index (χ2v) is 9.26. The Labute approximate surface area is 134 Å². The molecule has 0 bridgehead atoms. The van der Waals surface area contributed by atoms with Crippen LogP contribution in [-0.2, 0) is 9.05 Å². The van der Waals surface area contributed by atoms with Crippen LogP contribution in [0, 0.1) is 12.8 Å². The third-order valence-corrected chi connectivity index (χ3v) is 6.67. The number of likely N-dealkylation sites (tertiary alicyclic amines) is 1. The van der Waals surface area contributed by atoms with Gasteiger partial charge in [-0.3, -0.25) is 4.79 Å². The summed E-state index contributed by atoms with van der Waals surface area (Å²) in [7, 11) is 1.60. The van der Waals surface area contributed by atoms with E-state index < -0.39 is 9.05 Å². The molecule has 0 aliphatic carbocycles. The van der Waals surface area contributed by atoms with Crippen molar-refractivity contribution >= 4 is 37.0 Å². The summed E-state index contributed by atoms with van der Waals surface area (Å²) in [5.74, 6) is 0.609. The van der Waals surface area contributed by atoms with E-state index >= 15 is 0 Å². The molecule has 4 nitrogen and oxygen atoms in total. The van der Waals surface area contributed by atoms with Crippen molar-refractivity contribution in [3.8, 4) is 0 Å². The predicted octanol–water partition coefficient (Wildman–Crippen LogP) is 3.64. The Morgan fingerprint density at radius 1 is 1.43 bits per heavy atom. The van der Waals surface area contributed by atoms with Gasteiger partial charge in [-0.2, -0.15) is 0 Å². The minimum atomic E-state index is -3.78. The number of aryl methyl sites for hydroxylation is 1. The van der Waals surface area contributed by atoms with Gasteiger partial charge in [0.2, 0.25) is 0 Å². The van der Waals surface area contributed by atoms with E-state index in [2.05, 4.69) is 6.92 Å². The maximum Gasteiger partial charge on any atom is 0.263 e. The van der Waals surface area contributed by atoms with E-state index in [0.29, 0.717) is 15.7 Å². The van der Waals surface area contributed by atoms with Crippen LogP contribution in [0.1, 0.15) is 47.2 Å². The molecule has 1 unspecified atom stereocenters. The maximum atomic E-state index is 12.5. The Hall–Kier alpha value is -0.590. The van der Waals surface area contributed by atoms with Crippen molar-refractivity contribution in [3.63, 3.8) is 0 Å². The summed E-state index contributed by atoms with van der Waals surface area (Å²) in [5.41, 5.74) is 0. The van der Waals surface area contributed by atoms with Gasteiger partial charge >= 0.3 is 0 Å². The van der Waals surface area contributed by atoms with Crippen LogP contribution >= 0.6 is 22.0 Å². The first-order valence-corrected chi connectivity index (χ1v) is 10.3. The van der Waals surface area contributed by atoms with Crippen LogP contribution in [0.15, 0.2) is 11.0 Å². The summed E-state index contributed by atoms with van der Waals surface area (Å²) in [5, 5.41) is 0. The fourth-order valence-electron chi connectivity index (χ4n) is 2.75. The molecule has 118 valence electrons. The van der Waals surface area contributed by atoms with Crippen molar-refractivity contribution in [3.05, 3.63) is 15.8 Å². The first-order chi connectivity index (χ1) is 9.82. The van der Waals surface area contributed by atoms with E-state index in [1.54, 1.807) is 6.92 Å². The number of amides is 1. The summed E-state index contributed by atoms with van der Waals surface area (Å²) in [6.07, 6.45) is 4.34.